The van der Waals surface area contributed by atoms with Crippen molar-refractivity contribution in [2.24, 2.45) is 0 Å². The maximum atomic E-state index is 14.1. The predicted octanol–water partition coefficient (Wildman–Crippen LogP) is 6.28. The molecule has 41 heavy (non-hydrogen) atoms. The third-order valence-electron chi connectivity index (χ3n) is 6.47. The van der Waals surface area contributed by atoms with Gasteiger partial charge in [0.05, 0.1) is 27.0 Å². The average molecular weight is 639 g/mol. The van der Waals surface area contributed by atoms with E-state index in [1.807, 2.05) is 68.4 Å². The second kappa shape index (κ2) is 14.9. The molecule has 0 aliphatic carbocycles. The van der Waals surface area contributed by atoms with E-state index in [0.717, 1.165) is 40.1 Å². The normalized spacial score (nSPS) is 12.0. The van der Waals surface area contributed by atoms with Gasteiger partial charge in [-0.1, -0.05) is 108 Å². The van der Waals surface area contributed by atoms with Crippen LogP contribution in [0.5, 0.6) is 0 Å². The number of halogens is 3. The van der Waals surface area contributed by atoms with E-state index in [1.165, 1.54) is 17.0 Å². The molecule has 0 aliphatic rings. The number of hydrogen-bond donors (Lipinski definition) is 1. The first-order valence-electron chi connectivity index (χ1n) is 13.2. The fourth-order valence-electron chi connectivity index (χ4n) is 4.37. The van der Waals surface area contributed by atoms with Gasteiger partial charge in [-0.05, 0) is 36.6 Å². The van der Waals surface area contributed by atoms with E-state index in [2.05, 4.69) is 5.32 Å². The summed E-state index contributed by atoms with van der Waals surface area (Å²) in [7, 11) is -4.00. The number of nitrogens with zero attached hydrogens (tertiary/aromatic N) is 2. The number of sulfonamides is 1. The molecule has 0 aromatic heterocycles. The summed E-state index contributed by atoms with van der Waals surface area (Å²) in [5, 5.41) is 3.20. The number of amides is 2. The van der Waals surface area contributed by atoms with Crippen molar-refractivity contribution in [2.45, 2.75) is 45.7 Å². The van der Waals surface area contributed by atoms with Crippen molar-refractivity contribution in [1.82, 2.24) is 10.2 Å². The van der Waals surface area contributed by atoms with Crippen LogP contribution in [0, 0.1) is 6.92 Å². The smallest absolute Gasteiger partial charge is 0.244 e. The lowest BCUT2D eigenvalue weighted by atomic mass is 10.0. The predicted molar refractivity (Wildman–Crippen MR) is 167 cm³/mol. The zero-order valence-electron chi connectivity index (χ0n) is 23.2. The van der Waals surface area contributed by atoms with Crippen LogP contribution in [0.25, 0.3) is 0 Å². The molecule has 1 atom stereocenters. The molecule has 7 nitrogen and oxygen atoms in total. The minimum Gasteiger partial charge on any atom is -0.354 e. The van der Waals surface area contributed by atoms with Crippen LogP contribution >= 0.6 is 34.8 Å². The van der Waals surface area contributed by atoms with Crippen LogP contribution in [0.15, 0.2) is 66.7 Å². The highest BCUT2D eigenvalue weighted by molar-refractivity contribution is 7.92. The lowest BCUT2D eigenvalue weighted by Crippen LogP contribution is -2.53. The van der Waals surface area contributed by atoms with Crippen molar-refractivity contribution in [3.05, 3.63) is 98.5 Å². The number of rotatable bonds is 13. The fraction of sp³-hybridized carbons (Fsp3) is 0.333. The molecule has 0 heterocycles. The van der Waals surface area contributed by atoms with E-state index in [0.29, 0.717) is 6.54 Å². The molecule has 0 saturated carbocycles. The number of aryl methyl sites for hydroxylation is 1. The van der Waals surface area contributed by atoms with Crippen LogP contribution in [-0.4, -0.2) is 50.5 Å². The summed E-state index contributed by atoms with van der Waals surface area (Å²) >= 11 is 18.6. The van der Waals surface area contributed by atoms with Gasteiger partial charge in [-0.15, -0.1) is 0 Å². The average Bonchev–Trinajstić information content (AvgIpc) is 2.91. The highest BCUT2D eigenvalue weighted by Gasteiger charge is 2.33. The van der Waals surface area contributed by atoms with Crippen molar-refractivity contribution in [1.29, 1.82) is 0 Å². The van der Waals surface area contributed by atoms with Gasteiger partial charge in [-0.2, -0.15) is 0 Å². The molecule has 1 N–H and O–H groups in total. The summed E-state index contributed by atoms with van der Waals surface area (Å²) in [5.74, 6) is -0.896. The van der Waals surface area contributed by atoms with E-state index in [-0.39, 0.29) is 39.6 Å². The van der Waals surface area contributed by atoms with Crippen LogP contribution in [0.2, 0.25) is 15.1 Å². The largest absolute Gasteiger partial charge is 0.354 e. The molecule has 0 radical (unpaired) electrons. The topological polar surface area (TPSA) is 86.8 Å². The van der Waals surface area contributed by atoms with E-state index in [9.17, 15) is 18.0 Å². The van der Waals surface area contributed by atoms with Crippen LogP contribution in [0.4, 0.5) is 5.69 Å². The maximum Gasteiger partial charge on any atom is 0.244 e. The first-order valence-corrected chi connectivity index (χ1v) is 16.2. The van der Waals surface area contributed by atoms with Gasteiger partial charge in [-0.3, -0.25) is 13.9 Å². The molecule has 3 aromatic carbocycles. The number of benzene rings is 3. The Bertz CT molecular complexity index is 1470. The Labute approximate surface area is 257 Å². The molecule has 1 unspecified atom stereocenters. The van der Waals surface area contributed by atoms with Gasteiger partial charge in [-0.25, -0.2) is 8.42 Å². The number of unbranched alkanes of at least 4 members (excludes halogenated alkanes) is 1. The summed E-state index contributed by atoms with van der Waals surface area (Å²) in [4.78, 5) is 29.2. The third kappa shape index (κ3) is 9.36. The number of nitrogens with one attached hydrogen (secondary N) is 1. The Morgan fingerprint density at radius 2 is 1.56 bits per heavy atom. The molecule has 0 bridgehead atoms. The highest BCUT2D eigenvalue weighted by Crippen LogP contribution is 2.35. The molecule has 220 valence electrons. The van der Waals surface area contributed by atoms with Gasteiger partial charge in [0.2, 0.25) is 21.8 Å². The quantitative estimate of drug-likeness (QED) is 0.176. The van der Waals surface area contributed by atoms with Gasteiger partial charge >= 0.3 is 0 Å². The SMILES string of the molecule is CCCCNC(=O)C(Cc1ccccc1)N(Cc1cccc(C)c1)C(=O)CN(c1cc(Cl)c(Cl)cc1Cl)S(C)(=O)=O. The van der Waals surface area contributed by atoms with Crippen molar-refractivity contribution < 1.29 is 18.0 Å². The van der Waals surface area contributed by atoms with Crippen molar-refractivity contribution in [3.63, 3.8) is 0 Å². The Morgan fingerprint density at radius 3 is 2.20 bits per heavy atom. The highest BCUT2D eigenvalue weighted by atomic mass is 35.5. The standard InChI is InChI=1S/C30H34Cl3N3O4S/c1-4-5-14-34-30(38)28(16-22-11-7-6-8-12-22)35(19-23-13-9-10-21(2)15-23)29(37)20-36(41(3,39)40)27-18-25(32)24(31)17-26(27)33/h6-13,15,17-18,28H,4-5,14,16,19-20H2,1-3H3,(H,34,38). The summed E-state index contributed by atoms with van der Waals surface area (Å²) in [6.07, 6.45) is 2.89. The number of anilines is 1. The second-order valence-electron chi connectivity index (χ2n) is 9.85. The first kappa shape index (κ1) is 32.7. The minimum absolute atomic E-state index is 0.0134. The molecule has 0 saturated heterocycles. The minimum atomic E-state index is -4.00. The zero-order valence-corrected chi connectivity index (χ0v) is 26.3. The van der Waals surface area contributed by atoms with E-state index in [1.54, 1.807) is 0 Å². The van der Waals surface area contributed by atoms with Crippen LogP contribution in [0.1, 0.15) is 36.5 Å². The first-order chi connectivity index (χ1) is 19.4. The Balaban J connectivity index is 2.07. The van der Waals surface area contributed by atoms with Gasteiger partial charge in [0.25, 0.3) is 0 Å². The summed E-state index contributed by atoms with van der Waals surface area (Å²) < 4.78 is 26.8. The van der Waals surface area contributed by atoms with Gasteiger partial charge in [0.1, 0.15) is 12.6 Å². The van der Waals surface area contributed by atoms with E-state index < -0.39 is 28.5 Å². The van der Waals surface area contributed by atoms with E-state index in [4.69, 9.17) is 34.8 Å². The number of carbonyl (C=O) groups is 2. The molecular weight excluding hydrogens is 605 g/mol. The lowest BCUT2D eigenvalue weighted by Gasteiger charge is -2.33. The molecule has 2 amide bonds. The third-order valence-corrected chi connectivity index (χ3v) is 8.63. The van der Waals surface area contributed by atoms with Crippen LogP contribution < -0.4 is 9.62 Å². The Kier molecular flexibility index (Phi) is 11.9. The molecule has 0 spiro atoms. The van der Waals surface area contributed by atoms with Gasteiger partial charge < -0.3 is 10.2 Å². The fourth-order valence-corrected chi connectivity index (χ4v) is 5.91. The maximum absolute atomic E-state index is 14.1. The van der Waals surface area contributed by atoms with Crippen LogP contribution in [-0.2, 0) is 32.6 Å². The van der Waals surface area contributed by atoms with Gasteiger partial charge in [0, 0.05) is 19.5 Å². The number of hydrogen-bond acceptors (Lipinski definition) is 4. The molecule has 3 rings (SSSR count). The molecular formula is C30H34Cl3N3O4S. The Hall–Kier alpha value is -2.78. The van der Waals surface area contributed by atoms with Crippen molar-refractivity contribution in [2.75, 3.05) is 23.7 Å². The summed E-state index contributed by atoms with van der Waals surface area (Å²) in [5.41, 5.74) is 2.66. The summed E-state index contributed by atoms with van der Waals surface area (Å²) in [6.45, 7) is 3.91. The Morgan fingerprint density at radius 1 is 0.902 bits per heavy atom. The van der Waals surface area contributed by atoms with Crippen molar-refractivity contribution >= 4 is 62.3 Å². The molecule has 11 heteroatoms. The second-order valence-corrected chi connectivity index (χ2v) is 13.0. The molecule has 0 aliphatic heterocycles. The monoisotopic (exact) mass is 637 g/mol. The summed E-state index contributed by atoms with van der Waals surface area (Å²) in [6, 6.07) is 18.7. The molecule has 3 aromatic rings. The van der Waals surface area contributed by atoms with Gasteiger partial charge in [0.15, 0.2) is 0 Å². The lowest BCUT2D eigenvalue weighted by molar-refractivity contribution is -0.140. The molecule has 0 fully saturated rings. The number of carbonyl (C=O) groups excluding carboxylic acids is 2. The van der Waals surface area contributed by atoms with E-state index >= 15 is 0 Å². The van der Waals surface area contributed by atoms with Crippen LogP contribution in [0.3, 0.4) is 0 Å². The van der Waals surface area contributed by atoms with Crippen molar-refractivity contribution in [3.8, 4) is 0 Å². The zero-order chi connectivity index (χ0) is 30.2.